The molecule has 2 aromatic carbocycles. The summed E-state index contributed by atoms with van der Waals surface area (Å²) in [5.41, 5.74) is 2.74. The Morgan fingerprint density at radius 2 is 1.74 bits per heavy atom. The first-order chi connectivity index (χ1) is 12.9. The van der Waals surface area contributed by atoms with Gasteiger partial charge in [0.15, 0.2) is 0 Å². The summed E-state index contributed by atoms with van der Waals surface area (Å²) in [4.78, 5) is 16.1. The molecule has 0 bridgehead atoms. The van der Waals surface area contributed by atoms with Crippen LogP contribution in [-0.4, -0.2) is 25.8 Å². The Bertz CT molecular complexity index is 1070. The number of hydrogen-bond acceptors (Lipinski definition) is 4. The number of nitrogens with two attached hydrogens (primary N) is 1. The molecule has 0 aliphatic carbocycles. The lowest BCUT2D eigenvalue weighted by atomic mass is 10.0. The van der Waals surface area contributed by atoms with Crippen LogP contribution in [0.1, 0.15) is 32.4 Å². The highest BCUT2D eigenvalue weighted by Crippen LogP contribution is 2.40. The number of nitrogens with zero attached hydrogens (tertiary/aromatic N) is 1. The van der Waals surface area contributed by atoms with Crippen LogP contribution in [0.25, 0.3) is 0 Å². The zero-order chi connectivity index (χ0) is 19.0. The van der Waals surface area contributed by atoms with Crippen LogP contribution in [0.4, 0.5) is 0 Å². The summed E-state index contributed by atoms with van der Waals surface area (Å²) in [6.07, 6.45) is 0.631. The molecule has 5 nitrogen and oxygen atoms in total. The van der Waals surface area contributed by atoms with Gasteiger partial charge in [0.1, 0.15) is 0 Å². The van der Waals surface area contributed by atoms with Gasteiger partial charge in [-0.1, -0.05) is 36.4 Å². The van der Waals surface area contributed by atoms with Crippen molar-refractivity contribution in [1.29, 1.82) is 0 Å². The fourth-order valence-electron chi connectivity index (χ4n) is 3.45. The van der Waals surface area contributed by atoms with Gasteiger partial charge >= 0.3 is 0 Å². The minimum absolute atomic E-state index is 0.0326. The van der Waals surface area contributed by atoms with Gasteiger partial charge in [-0.3, -0.25) is 4.79 Å². The molecule has 0 fully saturated rings. The van der Waals surface area contributed by atoms with Crippen molar-refractivity contribution in [2.24, 2.45) is 5.14 Å². The number of rotatable bonds is 5. The lowest BCUT2D eigenvalue weighted by Gasteiger charge is -2.24. The van der Waals surface area contributed by atoms with Crippen LogP contribution < -0.4 is 5.14 Å². The number of fused-ring (bicyclic) bond motifs is 1. The Labute approximate surface area is 162 Å². The molecular formula is C20H18N2O3S2. The topological polar surface area (TPSA) is 80.5 Å². The lowest BCUT2D eigenvalue weighted by molar-refractivity contribution is 0.0753. The van der Waals surface area contributed by atoms with Crippen molar-refractivity contribution in [3.05, 3.63) is 87.6 Å². The molecule has 1 aliphatic heterocycles. The minimum atomic E-state index is -3.70. The van der Waals surface area contributed by atoms with Crippen LogP contribution in [0.2, 0.25) is 0 Å². The minimum Gasteiger partial charge on any atom is -0.326 e. The fraction of sp³-hybridized carbons (Fsp3) is 0.150. The molecule has 1 amide bonds. The number of sulfonamides is 1. The van der Waals surface area contributed by atoms with E-state index in [-0.39, 0.29) is 16.8 Å². The number of hydrogen-bond donors (Lipinski definition) is 1. The molecule has 2 heterocycles. The second kappa shape index (κ2) is 6.92. The zero-order valence-corrected chi connectivity index (χ0v) is 16.0. The fourth-order valence-corrected chi connectivity index (χ4v) is 4.82. The van der Waals surface area contributed by atoms with Crippen LogP contribution in [-0.2, 0) is 16.4 Å². The first kappa shape index (κ1) is 17.9. The molecule has 7 heteroatoms. The predicted molar refractivity (Wildman–Crippen MR) is 105 cm³/mol. The quantitative estimate of drug-likeness (QED) is 0.717. The summed E-state index contributed by atoms with van der Waals surface area (Å²) in [7, 11) is -3.70. The highest BCUT2D eigenvalue weighted by Gasteiger charge is 2.37. The van der Waals surface area contributed by atoms with Gasteiger partial charge in [-0.25, -0.2) is 13.6 Å². The number of carbonyl (C=O) groups is 1. The summed E-state index contributed by atoms with van der Waals surface area (Å²) >= 11 is 1.64. The van der Waals surface area contributed by atoms with Crippen LogP contribution in [0.3, 0.4) is 0 Å². The van der Waals surface area contributed by atoms with E-state index < -0.39 is 10.0 Å². The average Bonchev–Trinajstić information content (AvgIpc) is 3.26. The molecule has 3 aromatic rings. The van der Waals surface area contributed by atoms with E-state index in [0.29, 0.717) is 13.0 Å². The van der Waals surface area contributed by atoms with E-state index in [9.17, 15) is 13.2 Å². The van der Waals surface area contributed by atoms with Crippen molar-refractivity contribution < 1.29 is 13.2 Å². The highest BCUT2D eigenvalue weighted by molar-refractivity contribution is 7.89. The molecule has 27 heavy (non-hydrogen) atoms. The van der Waals surface area contributed by atoms with Crippen molar-refractivity contribution in [1.82, 2.24) is 4.90 Å². The first-order valence-corrected chi connectivity index (χ1v) is 10.9. The van der Waals surface area contributed by atoms with Crippen molar-refractivity contribution >= 4 is 27.3 Å². The molecule has 0 radical (unpaired) electrons. The van der Waals surface area contributed by atoms with E-state index in [0.717, 1.165) is 21.6 Å². The van der Waals surface area contributed by atoms with E-state index in [4.69, 9.17) is 5.14 Å². The van der Waals surface area contributed by atoms with E-state index in [1.54, 1.807) is 23.5 Å². The molecule has 1 unspecified atom stereocenters. The van der Waals surface area contributed by atoms with Gasteiger partial charge < -0.3 is 4.90 Å². The third kappa shape index (κ3) is 3.41. The first-order valence-electron chi connectivity index (χ1n) is 8.50. The van der Waals surface area contributed by atoms with E-state index in [1.807, 2.05) is 40.6 Å². The Hall–Kier alpha value is -2.48. The van der Waals surface area contributed by atoms with Crippen LogP contribution >= 0.6 is 11.3 Å². The molecule has 0 saturated heterocycles. The summed E-state index contributed by atoms with van der Waals surface area (Å²) < 4.78 is 22.8. The van der Waals surface area contributed by atoms with Gasteiger partial charge in [-0.2, -0.15) is 0 Å². The molecular weight excluding hydrogens is 380 g/mol. The second-order valence-corrected chi connectivity index (χ2v) is 8.98. The number of benzene rings is 2. The van der Waals surface area contributed by atoms with E-state index >= 15 is 0 Å². The number of amides is 1. The number of primary sulfonamides is 1. The summed E-state index contributed by atoms with van der Waals surface area (Å²) in [5, 5.41) is 7.16. The second-order valence-electron chi connectivity index (χ2n) is 6.44. The van der Waals surface area contributed by atoms with Gasteiger partial charge in [-0.05, 0) is 47.2 Å². The Kier molecular flexibility index (Phi) is 4.59. The van der Waals surface area contributed by atoms with Crippen molar-refractivity contribution in [2.75, 3.05) is 6.54 Å². The Morgan fingerprint density at radius 1 is 1.00 bits per heavy atom. The largest absolute Gasteiger partial charge is 0.326 e. The molecule has 138 valence electrons. The summed E-state index contributed by atoms with van der Waals surface area (Å²) in [5.74, 6) is 0.0326. The molecule has 1 aliphatic rings. The maximum atomic E-state index is 12.9. The molecule has 1 aromatic heterocycles. The van der Waals surface area contributed by atoms with Crippen molar-refractivity contribution in [2.45, 2.75) is 17.4 Å². The highest BCUT2D eigenvalue weighted by atomic mass is 32.2. The van der Waals surface area contributed by atoms with Gasteiger partial charge in [-0.15, -0.1) is 11.3 Å². The molecule has 0 saturated carbocycles. The van der Waals surface area contributed by atoms with Gasteiger partial charge in [0.05, 0.1) is 10.9 Å². The monoisotopic (exact) mass is 398 g/mol. The van der Waals surface area contributed by atoms with E-state index in [2.05, 4.69) is 6.07 Å². The smallest absolute Gasteiger partial charge is 0.255 e. The van der Waals surface area contributed by atoms with Crippen LogP contribution in [0.5, 0.6) is 0 Å². The molecule has 0 spiro atoms. The summed E-state index contributed by atoms with van der Waals surface area (Å²) in [6.45, 7) is 0.546. The maximum absolute atomic E-state index is 12.9. The van der Waals surface area contributed by atoms with Gasteiger partial charge in [0.25, 0.3) is 5.91 Å². The van der Waals surface area contributed by atoms with Crippen LogP contribution in [0.15, 0.2) is 70.9 Å². The standard InChI is InChI=1S/C20H18N2O3S2/c21-27(24,25)15-9-7-14(8-10-15)11-12-22-19(18-6-3-13-26-18)16-4-1-2-5-17(16)20(22)23/h1-10,13,19H,11-12H2,(H2,21,24,25). The average molecular weight is 399 g/mol. The third-order valence-electron chi connectivity index (χ3n) is 4.76. The summed E-state index contributed by atoms with van der Waals surface area (Å²) in [6, 6.07) is 18.2. The molecule has 1 atom stereocenters. The number of carbonyl (C=O) groups excluding carboxylic acids is 1. The van der Waals surface area contributed by atoms with E-state index in [1.165, 1.54) is 12.1 Å². The number of thiophene rings is 1. The van der Waals surface area contributed by atoms with Crippen molar-refractivity contribution in [3.63, 3.8) is 0 Å². The molecule has 4 rings (SSSR count). The zero-order valence-electron chi connectivity index (χ0n) is 14.4. The van der Waals surface area contributed by atoms with Gasteiger partial charge in [0, 0.05) is 17.0 Å². The van der Waals surface area contributed by atoms with Crippen LogP contribution in [0, 0.1) is 0 Å². The SMILES string of the molecule is NS(=O)(=O)c1ccc(CCN2C(=O)c3ccccc3C2c2cccs2)cc1. The Balaban J connectivity index is 1.58. The van der Waals surface area contributed by atoms with Gasteiger partial charge in [0.2, 0.25) is 10.0 Å². The maximum Gasteiger partial charge on any atom is 0.255 e. The van der Waals surface area contributed by atoms with Crippen molar-refractivity contribution in [3.8, 4) is 0 Å². The Morgan fingerprint density at radius 3 is 2.41 bits per heavy atom. The lowest BCUT2D eigenvalue weighted by Crippen LogP contribution is -2.30. The molecule has 2 N–H and O–H groups in total. The predicted octanol–water partition coefficient (Wildman–Crippen LogP) is 3.18. The normalized spacial score (nSPS) is 16.6. The third-order valence-corrected chi connectivity index (χ3v) is 6.62.